The van der Waals surface area contributed by atoms with Gasteiger partial charge in [0.2, 0.25) is 0 Å². The summed E-state index contributed by atoms with van der Waals surface area (Å²) in [6, 6.07) is 0.743. The third kappa shape index (κ3) is 5.28. The molecule has 1 rings (SSSR count). The summed E-state index contributed by atoms with van der Waals surface area (Å²) in [5, 5.41) is 3.38. The van der Waals surface area contributed by atoms with Gasteiger partial charge in [-0.3, -0.25) is 4.90 Å². The van der Waals surface area contributed by atoms with E-state index in [1.54, 1.807) is 0 Å². The second-order valence-corrected chi connectivity index (χ2v) is 5.06. The van der Waals surface area contributed by atoms with Crippen LogP contribution in [-0.2, 0) is 0 Å². The molecule has 0 aliphatic carbocycles. The number of nitrogens with one attached hydrogen (secondary N) is 1. The van der Waals surface area contributed by atoms with E-state index >= 15 is 0 Å². The van der Waals surface area contributed by atoms with Gasteiger partial charge in [0.15, 0.2) is 0 Å². The monoisotopic (exact) mass is 227 g/mol. The van der Waals surface area contributed by atoms with Crippen LogP contribution in [-0.4, -0.2) is 62.2 Å². The zero-order chi connectivity index (χ0) is 11.8. The number of likely N-dealkylation sites (N-methyl/N-ethyl adjacent to an activating group) is 1. The van der Waals surface area contributed by atoms with E-state index in [0.717, 1.165) is 12.6 Å². The Morgan fingerprint density at radius 1 is 1.19 bits per heavy atom. The molecule has 0 saturated carbocycles. The Morgan fingerprint density at radius 2 is 2.00 bits per heavy atom. The van der Waals surface area contributed by atoms with Gasteiger partial charge in [-0.25, -0.2) is 0 Å². The Balaban J connectivity index is 2.00. The van der Waals surface area contributed by atoms with E-state index in [2.05, 4.69) is 36.0 Å². The molecule has 3 heteroatoms. The molecule has 1 unspecified atom stereocenters. The Labute approximate surface area is 101 Å². The van der Waals surface area contributed by atoms with Gasteiger partial charge in [-0.15, -0.1) is 0 Å². The van der Waals surface area contributed by atoms with Crippen LogP contribution in [0.4, 0.5) is 0 Å². The summed E-state index contributed by atoms with van der Waals surface area (Å²) in [6.07, 6.45) is 4.06. The molecule has 1 aliphatic heterocycles. The van der Waals surface area contributed by atoms with Crippen LogP contribution in [0.25, 0.3) is 0 Å². The van der Waals surface area contributed by atoms with Crippen molar-refractivity contribution in [2.24, 2.45) is 0 Å². The van der Waals surface area contributed by atoms with Crippen LogP contribution in [0.5, 0.6) is 0 Å². The molecule has 0 aromatic carbocycles. The molecule has 1 fully saturated rings. The van der Waals surface area contributed by atoms with Gasteiger partial charge < -0.3 is 10.2 Å². The topological polar surface area (TPSA) is 18.5 Å². The van der Waals surface area contributed by atoms with Gasteiger partial charge in [0.25, 0.3) is 0 Å². The minimum absolute atomic E-state index is 0.743. The normalized spacial score (nSPS) is 23.8. The first kappa shape index (κ1) is 13.9. The summed E-state index contributed by atoms with van der Waals surface area (Å²) in [6.45, 7) is 11.8. The van der Waals surface area contributed by atoms with Crippen molar-refractivity contribution in [1.82, 2.24) is 15.1 Å². The number of nitrogens with zero attached hydrogens (tertiary/aromatic N) is 2. The van der Waals surface area contributed by atoms with Crippen molar-refractivity contribution in [2.45, 2.75) is 39.2 Å². The first-order valence-corrected chi connectivity index (χ1v) is 6.87. The number of unbranched alkanes of at least 4 members (excludes halogenated alkanes) is 2. The van der Waals surface area contributed by atoms with E-state index < -0.39 is 0 Å². The molecular formula is C13H29N3. The van der Waals surface area contributed by atoms with E-state index in [9.17, 15) is 0 Å². The lowest BCUT2D eigenvalue weighted by Crippen LogP contribution is -2.50. The minimum Gasteiger partial charge on any atom is -0.317 e. The van der Waals surface area contributed by atoms with E-state index in [0.29, 0.717) is 0 Å². The van der Waals surface area contributed by atoms with Crippen molar-refractivity contribution in [3.8, 4) is 0 Å². The van der Waals surface area contributed by atoms with Gasteiger partial charge in [0.05, 0.1) is 0 Å². The highest BCUT2D eigenvalue weighted by atomic mass is 15.3. The molecule has 16 heavy (non-hydrogen) atoms. The molecule has 3 nitrogen and oxygen atoms in total. The summed E-state index contributed by atoms with van der Waals surface area (Å²) in [4.78, 5) is 5.08. The van der Waals surface area contributed by atoms with E-state index in [1.807, 2.05) is 0 Å². The fourth-order valence-electron chi connectivity index (χ4n) is 2.43. The molecule has 1 N–H and O–H groups in total. The third-order valence-corrected chi connectivity index (χ3v) is 3.52. The molecule has 0 radical (unpaired) electrons. The highest BCUT2D eigenvalue weighted by Crippen LogP contribution is 2.09. The van der Waals surface area contributed by atoms with Gasteiger partial charge in [-0.05, 0) is 46.4 Å². The van der Waals surface area contributed by atoms with Crippen LogP contribution >= 0.6 is 0 Å². The summed E-state index contributed by atoms with van der Waals surface area (Å²) in [7, 11) is 2.23. The molecule has 0 aromatic heterocycles. The summed E-state index contributed by atoms with van der Waals surface area (Å²) in [5.74, 6) is 0. The van der Waals surface area contributed by atoms with Gasteiger partial charge in [0.1, 0.15) is 0 Å². The zero-order valence-electron chi connectivity index (χ0n) is 11.3. The lowest BCUT2D eigenvalue weighted by atomic mass is 10.1. The summed E-state index contributed by atoms with van der Waals surface area (Å²) < 4.78 is 0. The van der Waals surface area contributed by atoms with Gasteiger partial charge >= 0.3 is 0 Å². The maximum absolute atomic E-state index is 3.38. The van der Waals surface area contributed by atoms with Gasteiger partial charge in [0, 0.05) is 25.7 Å². The van der Waals surface area contributed by atoms with Crippen molar-refractivity contribution in [2.75, 3.05) is 46.3 Å². The Kier molecular flexibility index (Phi) is 7.01. The fourth-order valence-corrected chi connectivity index (χ4v) is 2.43. The molecule has 0 bridgehead atoms. The second kappa shape index (κ2) is 8.04. The molecular weight excluding hydrogens is 198 g/mol. The van der Waals surface area contributed by atoms with E-state index in [-0.39, 0.29) is 0 Å². The van der Waals surface area contributed by atoms with Crippen molar-refractivity contribution >= 4 is 0 Å². The van der Waals surface area contributed by atoms with Crippen LogP contribution in [0.15, 0.2) is 0 Å². The highest BCUT2D eigenvalue weighted by Gasteiger charge is 2.20. The smallest absolute Gasteiger partial charge is 0.0195 e. The predicted octanol–water partition coefficient (Wildman–Crippen LogP) is 1.40. The zero-order valence-corrected chi connectivity index (χ0v) is 11.3. The SMILES string of the molecule is CCNCCCCCN1CCN(C)CC1C. The molecule has 0 aromatic rings. The van der Waals surface area contributed by atoms with Crippen molar-refractivity contribution in [1.29, 1.82) is 0 Å². The number of piperazine rings is 1. The molecule has 1 atom stereocenters. The van der Waals surface area contributed by atoms with E-state index in [4.69, 9.17) is 0 Å². The lowest BCUT2D eigenvalue weighted by Gasteiger charge is -2.38. The number of rotatable bonds is 7. The predicted molar refractivity (Wildman–Crippen MR) is 70.9 cm³/mol. The molecule has 0 amide bonds. The van der Waals surface area contributed by atoms with Crippen LogP contribution in [0.3, 0.4) is 0 Å². The molecule has 1 heterocycles. The van der Waals surface area contributed by atoms with Gasteiger partial charge in [-0.2, -0.15) is 0 Å². The van der Waals surface area contributed by atoms with Crippen LogP contribution < -0.4 is 5.32 Å². The van der Waals surface area contributed by atoms with Crippen molar-refractivity contribution in [3.63, 3.8) is 0 Å². The van der Waals surface area contributed by atoms with Crippen LogP contribution in [0.2, 0.25) is 0 Å². The fraction of sp³-hybridized carbons (Fsp3) is 1.00. The van der Waals surface area contributed by atoms with Crippen molar-refractivity contribution < 1.29 is 0 Å². The maximum atomic E-state index is 3.38. The third-order valence-electron chi connectivity index (χ3n) is 3.52. The summed E-state index contributed by atoms with van der Waals surface area (Å²) in [5.41, 5.74) is 0. The van der Waals surface area contributed by atoms with Gasteiger partial charge in [-0.1, -0.05) is 13.3 Å². The second-order valence-electron chi connectivity index (χ2n) is 5.06. The van der Waals surface area contributed by atoms with Crippen LogP contribution in [0.1, 0.15) is 33.1 Å². The lowest BCUT2D eigenvalue weighted by molar-refractivity contribution is 0.0984. The Bertz CT molecular complexity index is 173. The Hall–Kier alpha value is -0.120. The molecule has 0 spiro atoms. The average molecular weight is 227 g/mol. The Morgan fingerprint density at radius 3 is 2.69 bits per heavy atom. The van der Waals surface area contributed by atoms with Crippen molar-refractivity contribution in [3.05, 3.63) is 0 Å². The number of hydrogen-bond donors (Lipinski definition) is 1. The molecule has 96 valence electrons. The maximum Gasteiger partial charge on any atom is 0.0195 e. The largest absolute Gasteiger partial charge is 0.317 e. The van der Waals surface area contributed by atoms with E-state index in [1.165, 1.54) is 52.0 Å². The number of hydrogen-bond acceptors (Lipinski definition) is 3. The van der Waals surface area contributed by atoms with Crippen LogP contribution in [0, 0.1) is 0 Å². The average Bonchev–Trinajstić information content (AvgIpc) is 2.26. The first-order valence-electron chi connectivity index (χ1n) is 6.87. The molecule has 1 saturated heterocycles. The molecule has 1 aliphatic rings. The minimum atomic E-state index is 0.743. The quantitative estimate of drug-likeness (QED) is 0.663. The summed E-state index contributed by atoms with van der Waals surface area (Å²) >= 11 is 0. The highest BCUT2D eigenvalue weighted by molar-refractivity contribution is 4.76. The standard InChI is InChI=1S/C13H29N3/c1-4-14-8-6-5-7-9-16-11-10-15(3)12-13(16)2/h13-14H,4-12H2,1-3H3. The first-order chi connectivity index (χ1) is 7.74.